The number of rotatable bonds is 25. The maximum atomic E-state index is 14.1. The Labute approximate surface area is 370 Å². The van der Waals surface area contributed by atoms with E-state index in [1.165, 1.54) is 19.4 Å². The number of nitrogens with two attached hydrogens (primary N) is 2. The molecule has 0 spiro atoms. The van der Waals surface area contributed by atoms with Crippen molar-refractivity contribution in [1.82, 2.24) is 52.2 Å². The number of H-pyrrole nitrogens is 2. The van der Waals surface area contributed by atoms with E-state index in [2.05, 4.69) is 52.2 Å². The van der Waals surface area contributed by atoms with Gasteiger partial charge in [0, 0.05) is 48.3 Å². The van der Waals surface area contributed by atoms with Gasteiger partial charge in [0.1, 0.15) is 36.3 Å². The van der Waals surface area contributed by atoms with E-state index < -0.39 is 122 Å². The molecule has 4 rings (SSSR count). The van der Waals surface area contributed by atoms with Gasteiger partial charge in [0.15, 0.2) is 0 Å². The molecular weight excluding hydrogens is 853 g/mol. The van der Waals surface area contributed by atoms with Crippen LogP contribution in [0.5, 0.6) is 0 Å². The molecule has 8 amide bonds. The maximum absolute atomic E-state index is 14.1. The highest BCUT2D eigenvalue weighted by atomic mass is 16.4. The molecule has 24 heteroatoms. The lowest BCUT2D eigenvalue weighted by molar-refractivity contribution is -0.140. The van der Waals surface area contributed by atoms with Crippen molar-refractivity contribution >= 4 is 64.1 Å². The number of aliphatic hydroxyl groups excluding tert-OH is 2. The lowest BCUT2D eigenvalue weighted by Crippen LogP contribution is -2.61. The summed E-state index contributed by atoms with van der Waals surface area (Å²) in [6.07, 6.45) is 3.09. The van der Waals surface area contributed by atoms with E-state index >= 15 is 0 Å². The van der Waals surface area contributed by atoms with Gasteiger partial charge in [-0.25, -0.2) is 4.98 Å². The first-order valence-electron chi connectivity index (χ1n) is 20.1. The van der Waals surface area contributed by atoms with E-state index in [0.717, 1.165) is 10.9 Å². The van der Waals surface area contributed by atoms with Gasteiger partial charge >= 0.3 is 5.97 Å². The van der Waals surface area contributed by atoms with Crippen LogP contribution in [0.15, 0.2) is 73.3 Å². The standard InChI is InChI=1S/C41H52N12O12/c1-21(48-36(60)26(42)14-34(57)58)35(59)52-31(18-54)40(64)49-28(11-22-7-3-2-4-8-22)38(62)51-30(13-24-16-44-20-47-24)39(63)53-32(19-55)41(65)50-29(37(61)46-17-33(43)56)12-23-15-45-27-10-6-5-9-25(23)27/h2-10,15-16,20-21,26,28-32,45,54-55H,11-14,17-19,42H2,1H3,(H2,43,56)(H,44,47)(H,46,61)(H,48,60)(H,49,64)(H,50,65)(H,51,62)(H,52,59)(H,53,63)(H,57,58)/t21-,26-,28-,29-,30-,31-,32-/m0/s1. The van der Waals surface area contributed by atoms with Crippen molar-refractivity contribution < 1.29 is 58.5 Å². The minimum absolute atomic E-state index is 0.0841. The number of hydrogen-bond donors (Lipinski definition) is 14. The molecule has 0 aliphatic heterocycles. The monoisotopic (exact) mass is 904 g/mol. The number of carbonyl (C=O) groups excluding carboxylic acids is 8. The molecule has 0 bridgehead atoms. The second kappa shape index (κ2) is 24.2. The molecular formula is C41H52N12O12. The number of benzene rings is 2. The molecule has 0 aliphatic carbocycles. The van der Waals surface area contributed by atoms with Gasteiger partial charge in [-0.15, -0.1) is 0 Å². The topological polar surface area (TPSA) is 395 Å². The summed E-state index contributed by atoms with van der Waals surface area (Å²) in [5, 5.41) is 46.8. The van der Waals surface area contributed by atoms with Crippen molar-refractivity contribution in [1.29, 1.82) is 0 Å². The Morgan fingerprint density at radius 1 is 0.646 bits per heavy atom. The van der Waals surface area contributed by atoms with Gasteiger partial charge in [0.05, 0.1) is 38.5 Å². The number of hydrogen-bond acceptors (Lipinski definition) is 13. The number of aromatic amines is 2. The fourth-order valence-corrected chi connectivity index (χ4v) is 6.35. The van der Waals surface area contributed by atoms with Crippen LogP contribution in [0.4, 0.5) is 0 Å². The van der Waals surface area contributed by atoms with Gasteiger partial charge in [-0.05, 0) is 24.1 Å². The minimum Gasteiger partial charge on any atom is -0.481 e. The SMILES string of the molecule is C[C@H](NC(=O)[C@@H](N)CC(=O)O)C(=O)N[C@@H](CO)C(=O)N[C@@H](Cc1ccccc1)C(=O)N[C@@H](Cc1cnc[nH]1)C(=O)N[C@@H](CO)C(=O)N[C@@H](Cc1c[nH]c2ccccc12)C(=O)NCC(N)=O. The number of fused-ring (bicyclic) bond motifs is 1. The summed E-state index contributed by atoms with van der Waals surface area (Å²) in [5.74, 6) is -8.89. The molecule has 16 N–H and O–H groups in total. The third kappa shape index (κ3) is 15.3. The van der Waals surface area contributed by atoms with Crippen molar-refractivity contribution in [2.75, 3.05) is 19.8 Å². The number of para-hydroxylation sites is 1. The van der Waals surface area contributed by atoms with E-state index in [-0.39, 0.29) is 19.3 Å². The Bertz CT molecular complexity index is 2310. The zero-order valence-electron chi connectivity index (χ0n) is 35.0. The first-order chi connectivity index (χ1) is 31.0. The Hall–Kier alpha value is -7.70. The van der Waals surface area contributed by atoms with Crippen LogP contribution in [0.3, 0.4) is 0 Å². The number of nitrogens with one attached hydrogen (secondary N) is 9. The molecule has 7 atom stereocenters. The molecule has 2 aromatic carbocycles. The number of carboxylic acid groups (broad SMARTS) is 1. The lowest BCUT2D eigenvalue weighted by Gasteiger charge is -2.27. The summed E-state index contributed by atoms with van der Waals surface area (Å²) >= 11 is 0. The van der Waals surface area contributed by atoms with Gasteiger partial charge in [0.25, 0.3) is 0 Å². The minimum atomic E-state index is -1.69. The molecule has 348 valence electrons. The van der Waals surface area contributed by atoms with Crippen molar-refractivity contribution in [3.05, 3.63) is 90.1 Å². The third-order valence-electron chi connectivity index (χ3n) is 9.81. The molecule has 65 heavy (non-hydrogen) atoms. The van der Waals surface area contributed by atoms with E-state index in [1.54, 1.807) is 60.8 Å². The number of aromatic nitrogens is 3. The molecule has 4 aromatic rings. The Kier molecular flexibility index (Phi) is 18.6. The summed E-state index contributed by atoms with van der Waals surface area (Å²) in [5.41, 5.74) is 13.0. The molecule has 0 radical (unpaired) electrons. The van der Waals surface area contributed by atoms with Crippen molar-refractivity contribution in [3.63, 3.8) is 0 Å². The number of amides is 8. The van der Waals surface area contributed by atoms with Crippen LogP contribution in [0, 0.1) is 0 Å². The predicted molar refractivity (Wildman–Crippen MR) is 228 cm³/mol. The van der Waals surface area contributed by atoms with Crippen LogP contribution in [-0.4, -0.2) is 146 Å². The van der Waals surface area contributed by atoms with Crippen molar-refractivity contribution in [2.24, 2.45) is 11.5 Å². The molecule has 0 aliphatic rings. The average Bonchev–Trinajstić information content (AvgIpc) is 3.95. The number of carboxylic acids is 1. The van der Waals surface area contributed by atoms with Gasteiger partial charge in [0.2, 0.25) is 47.3 Å². The highest BCUT2D eigenvalue weighted by molar-refractivity contribution is 5.98. The van der Waals surface area contributed by atoms with Crippen molar-refractivity contribution in [2.45, 2.75) is 74.9 Å². The second-order valence-electron chi connectivity index (χ2n) is 14.8. The fourth-order valence-electron chi connectivity index (χ4n) is 6.35. The first-order valence-corrected chi connectivity index (χ1v) is 20.1. The number of carbonyl (C=O) groups is 9. The molecule has 24 nitrogen and oxygen atoms in total. The Balaban J connectivity index is 1.52. The van der Waals surface area contributed by atoms with Gasteiger partial charge < -0.3 is 74.0 Å². The molecule has 0 fully saturated rings. The largest absolute Gasteiger partial charge is 0.481 e. The summed E-state index contributed by atoms with van der Waals surface area (Å²) < 4.78 is 0. The van der Waals surface area contributed by atoms with Crippen LogP contribution >= 0.6 is 0 Å². The van der Waals surface area contributed by atoms with E-state index in [4.69, 9.17) is 16.6 Å². The van der Waals surface area contributed by atoms with Crippen LogP contribution in [0.25, 0.3) is 10.9 Å². The molecule has 0 unspecified atom stereocenters. The normalized spacial score (nSPS) is 14.2. The Morgan fingerprint density at radius 3 is 1.75 bits per heavy atom. The summed E-state index contributed by atoms with van der Waals surface area (Å²) in [6.45, 7) is -1.26. The van der Waals surface area contributed by atoms with E-state index in [1.807, 2.05) is 0 Å². The van der Waals surface area contributed by atoms with Gasteiger partial charge in [-0.1, -0.05) is 48.5 Å². The molecule has 0 saturated carbocycles. The maximum Gasteiger partial charge on any atom is 0.305 e. The quantitative estimate of drug-likeness (QED) is 0.0297. The van der Waals surface area contributed by atoms with Gasteiger partial charge in [-0.2, -0.15) is 0 Å². The summed E-state index contributed by atoms with van der Waals surface area (Å²) in [7, 11) is 0. The van der Waals surface area contributed by atoms with Gasteiger partial charge in [-0.3, -0.25) is 43.2 Å². The second-order valence-corrected chi connectivity index (χ2v) is 14.8. The van der Waals surface area contributed by atoms with Crippen LogP contribution in [0.1, 0.15) is 30.2 Å². The van der Waals surface area contributed by atoms with Crippen molar-refractivity contribution in [3.8, 4) is 0 Å². The van der Waals surface area contributed by atoms with Crippen LogP contribution in [0.2, 0.25) is 0 Å². The summed E-state index contributed by atoms with van der Waals surface area (Å²) in [4.78, 5) is 126. The summed E-state index contributed by atoms with van der Waals surface area (Å²) in [6, 6.07) is 5.02. The van der Waals surface area contributed by atoms with E-state index in [0.29, 0.717) is 16.8 Å². The zero-order valence-corrected chi connectivity index (χ0v) is 35.0. The van der Waals surface area contributed by atoms with Crippen LogP contribution in [-0.2, 0) is 62.4 Å². The average molecular weight is 905 g/mol. The highest BCUT2D eigenvalue weighted by Crippen LogP contribution is 2.19. The smallest absolute Gasteiger partial charge is 0.305 e. The van der Waals surface area contributed by atoms with Crippen LogP contribution < -0.4 is 48.7 Å². The lowest BCUT2D eigenvalue weighted by atomic mass is 10.0. The predicted octanol–water partition coefficient (Wildman–Crippen LogP) is -4.76. The fraction of sp³-hybridized carbons (Fsp3) is 0.366. The van der Waals surface area contributed by atoms with E-state index in [9.17, 15) is 53.4 Å². The number of primary amides is 1. The zero-order chi connectivity index (χ0) is 47.6. The third-order valence-corrected chi connectivity index (χ3v) is 9.81. The first kappa shape index (κ1) is 50.0. The number of aliphatic hydroxyl groups is 2. The molecule has 2 aromatic heterocycles. The number of nitrogens with zero attached hydrogens (tertiary/aromatic N) is 1. The highest BCUT2D eigenvalue weighted by Gasteiger charge is 2.34. The molecule has 2 heterocycles. The Morgan fingerprint density at radius 2 is 1.18 bits per heavy atom. The number of aliphatic carboxylic acids is 1. The molecule has 0 saturated heterocycles. The number of imidazole rings is 1.